The average Bonchev–Trinajstić information content (AvgIpc) is 2.08. The van der Waals surface area contributed by atoms with Crippen LogP contribution in [-0.4, -0.2) is 0 Å². The summed E-state index contributed by atoms with van der Waals surface area (Å²) < 4.78 is 36.2. The molecule has 0 spiro atoms. The molecule has 0 bridgehead atoms. The third-order valence-corrected chi connectivity index (χ3v) is 0.808. The van der Waals surface area contributed by atoms with Gasteiger partial charge in [-0.1, -0.05) is 30.2 Å². The molecule has 0 fully saturated rings. The molecule has 0 radical (unpaired) electrons. The van der Waals surface area contributed by atoms with E-state index >= 15 is 0 Å². The van der Waals surface area contributed by atoms with Gasteiger partial charge in [0.05, 0.1) is 6.85 Å². The molecule has 1 unspecified atom stereocenters. The summed E-state index contributed by atoms with van der Waals surface area (Å²) in [6.45, 7) is 0. The summed E-state index contributed by atoms with van der Waals surface area (Å²) in [5.41, 5.74) is 0. The maximum atomic E-state index is 7.29. The monoisotopic (exact) mass is 115 g/mol. The van der Waals surface area contributed by atoms with Crippen molar-refractivity contribution in [3.05, 3.63) is 30.2 Å². The number of hydrogen-bond acceptors (Lipinski definition) is 0. The Morgan fingerprint density at radius 2 is 1.86 bits per heavy atom. The minimum Gasteiger partial charge on any atom is -0.106 e. The molecule has 0 heterocycles. The molecule has 0 aromatic heterocycles. The fourth-order valence-electron chi connectivity index (χ4n) is 0.260. The predicted molar refractivity (Wildman–Crippen MR) is 35.8 cm³/mol. The topological polar surface area (TPSA) is 0 Å². The Kier molecular flexibility index (Phi) is 0.466. The van der Waals surface area contributed by atoms with Gasteiger partial charge in [0, 0.05) is 0 Å². The van der Waals surface area contributed by atoms with Crippen molar-refractivity contribution < 1.29 is 6.85 Å². The smallest absolute Gasteiger partial charge is 0.0629 e. The zero-order valence-corrected chi connectivity index (χ0v) is 4.73. The average molecular weight is 115 g/mol. The SMILES string of the molecule is [2H]c1c([2H])c([2H])c(P)c([2H])c1[2H]. The highest BCUT2D eigenvalue weighted by atomic mass is 31.0. The van der Waals surface area contributed by atoms with Crippen LogP contribution in [0.1, 0.15) is 6.85 Å². The van der Waals surface area contributed by atoms with Crippen LogP contribution in [0.4, 0.5) is 0 Å². The van der Waals surface area contributed by atoms with E-state index in [-0.39, 0.29) is 35.5 Å². The van der Waals surface area contributed by atoms with E-state index in [2.05, 4.69) is 9.24 Å². The van der Waals surface area contributed by atoms with Crippen molar-refractivity contribution in [3.8, 4) is 0 Å². The molecule has 0 aliphatic heterocycles. The molecule has 1 aromatic rings. The van der Waals surface area contributed by atoms with Crippen molar-refractivity contribution in [2.75, 3.05) is 0 Å². The van der Waals surface area contributed by atoms with Gasteiger partial charge in [-0.15, -0.1) is 9.24 Å². The standard InChI is InChI=1S/C6H7P/c7-6-4-2-1-3-5-6/h1-5H,7H2/i1D,2D,3D,4D,5D. The Balaban J connectivity index is 3.60. The highest BCUT2D eigenvalue weighted by Crippen LogP contribution is 1.86. The molecule has 0 N–H and O–H groups in total. The van der Waals surface area contributed by atoms with Crippen LogP contribution in [-0.2, 0) is 0 Å². The summed E-state index contributed by atoms with van der Waals surface area (Å²) in [7, 11) is 2.14. The van der Waals surface area contributed by atoms with Gasteiger partial charge >= 0.3 is 0 Å². The Bertz CT molecular complexity index is 230. The first-order chi connectivity index (χ1) is 5.46. The molecule has 1 heteroatoms. The highest BCUT2D eigenvalue weighted by molar-refractivity contribution is 7.27. The van der Waals surface area contributed by atoms with Crippen molar-refractivity contribution in [3.63, 3.8) is 0 Å². The third-order valence-electron chi connectivity index (χ3n) is 0.519. The van der Waals surface area contributed by atoms with Gasteiger partial charge in [0.2, 0.25) is 0 Å². The minimum atomic E-state index is -0.351. The fourth-order valence-corrected chi connectivity index (χ4v) is 0.404. The summed E-state index contributed by atoms with van der Waals surface area (Å²) >= 11 is 0. The Morgan fingerprint density at radius 1 is 1.29 bits per heavy atom. The summed E-state index contributed by atoms with van der Waals surface area (Å²) in [5.74, 6) is 0. The molecular formula is C6H7P. The minimum absolute atomic E-state index is 0.161. The zero-order chi connectivity index (χ0) is 9.46. The van der Waals surface area contributed by atoms with Gasteiger partial charge in [-0.05, 0) is 5.30 Å². The highest BCUT2D eigenvalue weighted by Gasteiger charge is 1.72. The number of benzene rings is 1. The fraction of sp³-hybridized carbons (Fsp3) is 0. The Morgan fingerprint density at radius 3 is 2.43 bits per heavy atom. The Hall–Kier alpha value is -0.350. The summed E-state index contributed by atoms with van der Waals surface area (Å²) in [5, 5.41) is 0.209. The lowest BCUT2D eigenvalue weighted by atomic mass is 10.4. The van der Waals surface area contributed by atoms with Crippen LogP contribution < -0.4 is 5.30 Å². The van der Waals surface area contributed by atoms with Gasteiger partial charge in [-0.25, -0.2) is 0 Å². The van der Waals surface area contributed by atoms with E-state index in [1.807, 2.05) is 0 Å². The quantitative estimate of drug-likeness (QED) is 0.445. The molecule has 0 saturated carbocycles. The normalized spacial score (nSPS) is 18.7. The van der Waals surface area contributed by atoms with Crippen LogP contribution in [0.25, 0.3) is 0 Å². The van der Waals surface area contributed by atoms with E-state index in [4.69, 9.17) is 6.85 Å². The molecule has 0 nitrogen and oxygen atoms in total. The molecule has 0 saturated heterocycles. The second-order valence-electron chi connectivity index (χ2n) is 1.04. The molecule has 1 aromatic carbocycles. The Labute approximate surface area is 52.8 Å². The van der Waals surface area contributed by atoms with Crippen LogP contribution in [0, 0.1) is 0 Å². The van der Waals surface area contributed by atoms with Crippen molar-refractivity contribution in [1.82, 2.24) is 0 Å². The third kappa shape index (κ3) is 1.29. The van der Waals surface area contributed by atoms with E-state index in [1.165, 1.54) is 0 Å². The molecule has 0 aliphatic rings. The van der Waals surface area contributed by atoms with Crippen molar-refractivity contribution in [1.29, 1.82) is 0 Å². The van der Waals surface area contributed by atoms with E-state index in [1.54, 1.807) is 0 Å². The number of rotatable bonds is 0. The maximum absolute atomic E-state index is 7.29. The molecule has 36 valence electrons. The molecule has 0 aliphatic carbocycles. The predicted octanol–water partition coefficient (Wildman–Crippen LogP) is 1.19. The lowest BCUT2D eigenvalue weighted by Crippen LogP contribution is -1.82. The molecule has 1 rings (SSSR count). The van der Waals surface area contributed by atoms with Crippen LogP contribution in [0.2, 0.25) is 0 Å². The number of hydrogen-bond donors (Lipinski definition) is 0. The van der Waals surface area contributed by atoms with Crippen molar-refractivity contribution in [2.24, 2.45) is 0 Å². The largest absolute Gasteiger partial charge is 0.106 e. The van der Waals surface area contributed by atoms with Crippen LogP contribution >= 0.6 is 9.24 Å². The van der Waals surface area contributed by atoms with Gasteiger partial charge in [0.25, 0.3) is 0 Å². The van der Waals surface area contributed by atoms with Gasteiger partial charge in [-0.2, -0.15) is 0 Å². The first kappa shape index (κ1) is 1.56. The zero-order valence-electron chi connectivity index (χ0n) is 8.58. The second-order valence-corrected chi connectivity index (χ2v) is 1.62. The molecule has 1 atom stereocenters. The second kappa shape index (κ2) is 2.09. The summed E-state index contributed by atoms with van der Waals surface area (Å²) in [4.78, 5) is 0. The van der Waals surface area contributed by atoms with Crippen LogP contribution in [0.3, 0.4) is 0 Å². The van der Waals surface area contributed by atoms with Crippen LogP contribution in [0.15, 0.2) is 30.2 Å². The first-order valence-corrected chi connectivity index (χ1v) is 2.37. The molecule has 0 amide bonds. The molecular weight excluding hydrogens is 103 g/mol. The van der Waals surface area contributed by atoms with E-state index in [0.717, 1.165) is 0 Å². The van der Waals surface area contributed by atoms with E-state index in [9.17, 15) is 0 Å². The van der Waals surface area contributed by atoms with Gasteiger partial charge in [0.1, 0.15) is 0 Å². The molecule has 7 heavy (non-hydrogen) atoms. The van der Waals surface area contributed by atoms with Gasteiger partial charge in [0.15, 0.2) is 0 Å². The first-order valence-electron chi connectivity index (χ1n) is 4.29. The van der Waals surface area contributed by atoms with Crippen molar-refractivity contribution >= 4 is 14.5 Å². The summed E-state index contributed by atoms with van der Waals surface area (Å²) in [6, 6.07) is -1.25. The van der Waals surface area contributed by atoms with Crippen molar-refractivity contribution in [2.45, 2.75) is 0 Å². The van der Waals surface area contributed by atoms with Gasteiger partial charge < -0.3 is 0 Å². The van der Waals surface area contributed by atoms with E-state index in [0.29, 0.717) is 0 Å². The summed E-state index contributed by atoms with van der Waals surface area (Å²) in [6.07, 6.45) is 0. The lowest BCUT2D eigenvalue weighted by molar-refractivity contribution is 1.78. The van der Waals surface area contributed by atoms with Gasteiger partial charge in [-0.3, -0.25) is 0 Å². The maximum Gasteiger partial charge on any atom is 0.0629 e. The lowest BCUT2D eigenvalue weighted by Gasteiger charge is -1.82. The van der Waals surface area contributed by atoms with Crippen LogP contribution in [0.5, 0.6) is 0 Å². The van der Waals surface area contributed by atoms with E-state index < -0.39 is 0 Å².